The standard InChI is InChI=1S/C7H8O2.BH2O2/c1-9-7-5-3-2-4-6(7)8;2-1-3/h2-5,8H,1H3;2-3H. The smallest absolute Gasteiger partial charge is 0.482 e. The lowest BCUT2D eigenvalue weighted by Crippen LogP contribution is -1.80. The van der Waals surface area contributed by atoms with Crippen molar-refractivity contribution >= 4 is 7.69 Å². The quantitative estimate of drug-likeness (QED) is 0.513. The van der Waals surface area contributed by atoms with Crippen molar-refractivity contribution in [2.24, 2.45) is 0 Å². The summed E-state index contributed by atoms with van der Waals surface area (Å²) in [7, 11) is 1.52. The highest BCUT2D eigenvalue weighted by Crippen LogP contribution is 2.22. The fourth-order valence-electron chi connectivity index (χ4n) is 0.630. The van der Waals surface area contributed by atoms with Gasteiger partial charge >= 0.3 is 7.69 Å². The molecule has 0 saturated carbocycles. The Kier molecular flexibility index (Phi) is 5.86. The largest absolute Gasteiger partial charge is 0.504 e. The molecule has 12 heavy (non-hydrogen) atoms. The zero-order chi connectivity index (χ0) is 9.40. The first-order chi connectivity index (χ1) is 5.76. The molecule has 4 nitrogen and oxygen atoms in total. The maximum absolute atomic E-state index is 8.99. The average Bonchev–Trinajstić information content (AvgIpc) is 2.07. The van der Waals surface area contributed by atoms with E-state index in [1.807, 2.05) is 0 Å². The third-order valence-corrected chi connectivity index (χ3v) is 1.09. The Bertz CT molecular complexity index is 216. The summed E-state index contributed by atoms with van der Waals surface area (Å²) in [5, 5.41) is 23.0. The Morgan fingerprint density at radius 3 is 2.08 bits per heavy atom. The number of aromatic hydroxyl groups is 1. The van der Waals surface area contributed by atoms with Gasteiger partial charge in [0.05, 0.1) is 7.11 Å². The fraction of sp³-hybridized carbons (Fsp3) is 0.143. The maximum atomic E-state index is 8.99. The van der Waals surface area contributed by atoms with Crippen molar-refractivity contribution in [2.45, 2.75) is 0 Å². The first kappa shape index (κ1) is 10.8. The van der Waals surface area contributed by atoms with Crippen molar-refractivity contribution in [3.8, 4) is 11.5 Å². The summed E-state index contributed by atoms with van der Waals surface area (Å²) < 4.78 is 4.79. The molecular weight excluding hydrogens is 159 g/mol. The molecule has 0 aromatic heterocycles. The third kappa shape index (κ3) is 3.85. The summed E-state index contributed by atoms with van der Waals surface area (Å²) in [5.41, 5.74) is 0. The molecule has 3 N–H and O–H groups in total. The number of phenols is 1. The average molecular weight is 169 g/mol. The number of phenolic OH excluding ortho intramolecular Hbond substituents is 1. The van der Waals surface area contributed by atoms with E-state index in [0.29, 0.717) is 5.75 Å². The van der Waals surface area contributed by atoms with Crippen molar-refractivity contribution in [3.05, 3.63) is 24.3 Å². The molecule has 0 spiro atoms. The van der Waals surface area contributed by atoms with Crippen LogP contribution in [0.3, 0.4) is 0 Å². The van der Waals surface area contributed by atoms with Gasteiger partial charge in [-0.2, -0.15) is 0 Å². The molecule has 0 aliphatic heterocycles. The topological polar surface area (TPSA) is 69.9 Å². The first-order valence-corrected chi connectivity index (χ1v) is 3.18. The van der Waals surface area contributed by atoms with Crippen molar-refractivity contribution < 1.29 is 19.9 Å². The lowest BCUT2D eigenvalue weighted by molar-refractivity contribution is 0.373. The molecule has 0 fully saturated rings. The van der Waals surface area contributed by atoms with Crippen LogP contribution in [0.5, 0.6) is 11.5 Å². The van der Waals surface area contributed by atoms with Gasteiger partial charge < -0.3 is 19.9 Å². The van der Waals surface area contributed by atoms with Crippen LogP contribution in [-0.4, -0.2) is 29.9 Å². The van der Waals surface area contributed by atoms with Crippen LogP contribution in [0.4, 0.5) is 0 Å². The van der Waals surface area contributed by atoms with Crippen molar-refractivity contribution in [3.63, 3.8) is 0 Å². The van der Waals surface area contributed by atoms with Gasteiger partial charge in [-0.3, -0.25) is 0 Å². The SMILES string of the molecule is COc1ccccc1O.O[B]O. The van der Waals surface area contributed by atoms with Crippen LogP contribution < -0.4 is 4.74 Å². The number of rotatable bonds is 1. The Hall–Kier alpha value is -1.20. The van der Waals surface area contributed by atoms with E-state index in [1.165, 1.54) is 7.11 Å². The second-order valence-corrected chi connectivity index (χ2v) is 1.79. The highest BCUT2D eigenvalue weighted by molar-refractivity contribution is 6.13. The number of hydrogen-bond donors (Lipinski definition) is 3. The van der Waals surface area contributed by atoms with Crippen LogP contribution in [0.25, 0.3) is 0 Å². The predicted octanol–water partition coefficient (Wildman–Crippen LogP) is -0.0940. The fourth-order valence-corrected chi connectivity index (χ4v) is 0.630. The van der Waals surface area contributed by atoms with Crippen LogP contribution in [0.2, 0.25) is 0 Å². The van der Waals surface area contributed by atoms with Gasteiger partial charge in [-0.1, -0.05) is 12.1 Å². The van der Waals surface area contributed by atoms with Gasteiger partial charge in [-0.15, -0.1) is 0 Å². The molecule has 5 heteroatoms. The van der Waals surface area contributed by atoms with Crippen LogP contribution in [0.1, 0.15) is 0 Å². The lowest BCUT2D eigenvalue weighted by Gasteiger charge is -1.99. The molecule has 1 aromatic carbocycles. The second kappa shape index (κ2) is 6.51. The normalized spacial score (nSPS) is 7.92. The molecule has 0 aliphatic carbocycles. The molecule has 1 radical (unpaired) electrons. The van der Waals surface area contributed by atoms with Crippen LogP contribution >= 0.6 is 0 Å². The summed E-state index contributed by atoms with van der Waals surface area (Å²) in [6, 6.07) is 6.84. The van der Waals surface area contributed by atoms with Gasteiger partial charge in [-0.05, 0) is 12.1 Å². The predicted molar refractivity (Wildman–Crippen MR) is 44.9 cm³/mol. The molecule has 0 heterocycles. The third-order valence-electron chi connectivity index (χ3n) is 1.09. The molecule has 0 saturated heterocycles. The van der Waals surface area contributed by atoms with Crippen molar-refractivity contribution in [1.82, 2.24) is 0 Å². The van der Waals surface area contributed by atoms with E-state index in [9.17, 15) is 0 Å². The molecule has 0 bridgehead atoms. The molecule has 0 amide bonds. The second-order valence-electron chi connectivity index (χ2n) is 1.79. The van der Waals surface area contributed by atoms with E-state index in [-0.39, 0.29) is 13.4 Å². The molecule has 0 unspecified atom stereocenters. The van der Waals surface area contributed by atoms with Gasteiger partial charge in [0.25, 0.3) is 0 Å². The molecule has 1 aromatic rings. The first-order valence-electron chi connectivity index (χ1n) is 3.18. The lowest BCUT2D eigenvalue weighted by atomic mass is 10.3. The van der Waals surface area contributed by atoms with E-state index >= 15 is 0 Å². The Labute approximate surface area is 71.4 Å². The number of hydrogen-bond acceptors (Lipinski definition) is 4. The van der Waals surface area contributed by atoms with Crippen LogP contribution in [0.15, 0.2) is 24.3 Å². The van der Waals surface area contributed by atoms with Gasteiger partial charge in [0, 0.05) is 0 Å². The summed E-state index contributed by atoms with van der Waals surface area (Å²) in [6.07, 6.45) is 0. The molecule has 0 aliphatic rings. The van der Waals surface area contributed by atoms with E-state index in [2.05, 4.69) is 0 Å². The molecule has 1 rings (SSSR count). The van der Waals surface area contributed by atoms with Crippen molar-refractivity contribution in [2.75, 3.05) is 7.11 Å². The minimum atomic E-state index is 0. The molecule has 0 atom stereocenters. The summed E-state index contributed by atoms with van der Waals surface area (Å²) >= 11 is 0. The van der Waals surface area contributed by atoms with Crippen LogP contribution in [-0.2, 0) is 0 Å². The zero-order valence-electron chi connectivity index (χ0n) is 6.64. The summed E-state index contributed by atoms with van der Waals surface area (Å²) in [4.78, 5) is 0. The Morgan fingerprint density at radius 2 is 1.75 bits per heavy atom. The summed E-state index contributed by atoms with van der Waals surface area (Å²) in [6.45, 7) is 0. The highest BCUT2D eigenvalue weighted by atomic mass is 16.5. The highest BCUT2D eigenvalue weighted by Gasteiger charge is 1.94. The molecule has 65 valence electrons. The van der Waals surface area contributed by atoms with Crippen molar-refractivity contribution in [1.29, 1.82) is 0 Å². The minimum absolute atomic E-state index is 0. The Balaban J connectivity index is 0.000000354. The van der Waals surface area contributed by atoms with Gasteiger partial charge in [0.2, 0.25) is 0 Å². The van der Waals surface area contributed by atoms with E-state index in [0.717, 1.165) is 0 Å². The Morgan fingerprint density at radius 1 is 1.25 bits per heavy atom. The maximum Gasteiger partial charge on any atom is 0.482 e. The van der Waals surface area contributed by atoms with E-state index < -0.39 is 0 Å². The number of methoxy groups -OCH3 is 1. The zero-order valence-corrected chi connectivity index (χ0v) is 6.64. The van der Waals surface area contributed by atoms with E-state index in [1.54, 1.807) is 24.3 Å². The number of ether oxygens (including phenoxy) is 1. The monoisotopic (exact) mass is 169 g/mol. The van der Waals surface area contributed by atoms with Gasteiger partial charge in [-0.25, -0.2) is 0 Å². The van der Waals surface area contributed by atoms with Gasteiger partial charge in [0.1, 0.15) is 0 Å². The van der Waals surface area contributed by atoms with Gasteiger partial charge in [0.15, 0.2) is 11.5 Å². The van der Waals surface area contributed by atoms with Crippen LogP contribution in [0, 0.1) is 0 Å². The number of para-hydroxylation sites is 2. The summed E-state index contributed by atoms with van der Waals surface area (Å²) in [5.74, 6) is 0.692. The number of benzene rings is 1. The van der Waals surface area contributed by atoms with E-state index in [4.69, 9.17) is 19.9 Å². The molecular formula is C7H10BO4. The minimum Gasteiger partial charge on any atom is -0.504 e.